The first-order valence-electron chi connectivity index (χ1n) is 4.59. The monoisotopic (exact) mass is 207 g/mol. The summed E-state index contributed by atoms with van der Waals surface area (Å²) in [4.78, 5) is 22.0. The van der Waals surface area contributed by atoms with Crippen molar-refractivity contribution in [3.63, 3.8) is 0 Å². The van der Waals surface area contributed by atoms with Crippen LogP contribution in [-0.2, 0) is 16.0 Å². The maximum atomic E-state index is 11.0. The normalized spacial score (nSPS) is 9.67. The highest BCUT2D eigenvalue weighted by Crippen LogP contribution is 2.10. The van der Waals surface area contributed by atoms with Crippen molar-refractivity contribution in [2.24, 2.45) is 5.73 Å². The van der Waals surface area contributed by atoms with Crippen molar-refractivity contribution < 1.29 is 14.3 Å². The lowest BCUT2D eigenvalue weighted by molar-refractivity contribution is -0.140. The minimum Gasteiger partial charge on any atom is -0.469 e. The number of ether oxygens (including phenoxy) is 1. The van der Waals surface area contributed by atoms with Gasteiger partial charge in [0, 0.05) is 12.0 Å². The highest BCUT2D eigenvalue weighted by Gasteiger charge is 2.08. The lowest BCUT2D eigenvalue weighted by Gasteiger charge is -2.05. The van der Waals surface area contributed by atoms with Gasteiger partial charge < -0.3 is 10.5 Å². The Bertz CT molecular complexity index is 374. The van der Waals surface area contributed by atoms with Gasteiger partial charge in [0.25, 0.3) is 0 Å². The van der Waals surface area contributed by atoms with Crippen molar-refractivity contribution in [2.45, 2.75) is 12.8 Å². The number of hydrogen-bond donors (Lipinski definition) is 1. The van der Waals surface area contributed by atoms with Gasteiger partial charge in [-0.1, -0.05) is 18.2 Å². The molecule has 0 spiro atoms. The van der Waals surface area contributed by atoms with E-state index in [-0.39, 0.29) is 12.4 Å². The molecular weight excluding hydrogens is 194 g/mol. The fourth-order valence-corrected chi connectivity index (χ4v) is 1.32. The zero-order valence-corrected chi connectivity index (χ0v) is 8.53. The summed E-state index contributed by atoms with van der Waals surface area (Å²) < 4.78 is 4.52. The Kier molecular flexibility index (Phi) is 3.85. The van der Waals surface area contributed by atoms with Crippen LogP contribution in [0.25, 0.3) is 0 Å². The van der Waals surface area contributed by atoms with Crippen molar-refractivity contribution in [1.29, 1.82) is 0 Å². The second-order valence-corrected chi connectivity index (χ2v) is 3.10. The summed E-state index contributed by atoms with van der Waals surface area (Å²) in [6, 6.07) is 6.97. The Labute approximate surface area is 88.0 Å². The number of aryl methyl sites for hydroxylation is 1. The molecule has 0 saturated heterocycles. The molecule has 1 aromatic rings. The molecule has 0 aromatic heterocycles. The van der Waals surface area contributed by atoms with E-state index in [1.165, 1.54) is 7.11 Å². The van der Waals surface area contributed by atoms with Gasteiger partial charge in [-0.2, -0.15) is 0 Å². The number of hydrogen-bond acceptors (Lipinski definition) is 3. The molecule has 0 saturated carbocycles. The van der Waals surface area contributed by atoms with E-state index in [0.29, 0.717) is 12.0 Å². The Morgan fingerprint density at radius 3 is 2.60 bits per heavy atom. The van der Waals surface area contributed by atoms with Crippen LogP contribution < -0.4 is 5.73 Å². The molecular formula is C11H13NO3. The lowest BCUT2D eigenvalue weighted by atomic mass is 10.0. The summed E-state index contributed by atoms with van der Waals surface area (Å²) in [6.45, 7) is 0. The predicted octanol–water partition coefficient (Wildman–Crippen LogP) is 0.891. The molecule has 0 unspecified atom stereocenters. The van der Waals surface area contributed by atoms with Gasteiger partial charge in [-0.15, -0.1) is 0 Å². The van der Waals surface area contributed by atoms with Gasteiger partial charge in [0.2, 0.25) is 5.91 Å². The molecule has 80 valence electrons. The minimum absolute atomic E-state index is 0.251. The van der Waals surface area contributed by atoms with Gasteiger partial charge in [0.05, 0.1) is 7.11 Å². The quantitative estimate of drug-likeness (QED) is 0.745. The topological polar surface area (TPSA) is 69.4 Å². The smallest absolute Gasteiger partial charge is 0.305 e. The number of amides is 1. The van der Waals surface area contributed by atoms with E-state index in [2.05, 4.69) is 4.74 Å². The zero-order chi connectivity index (χ0) is 11.3. The highest BCUT2D eigenvalue weighted by molar-refractivity contribution is 5.94. The number of carbonyl (C=O) groups excluding carboxylic acids is 2. The van der Waals surface area contributed by atoms with Crippen molar-refractivity contribution in [3.05, 3.63) is 35.4 Å². The van der Waals surface area contributed by atoms with Gasteiger partial charge in [0.1, 0.15) is 0 Å². The van der Waals surface area contributed by atoms with E-state index in [9.17, 15) is 9.59 Å². The number of benzene rings is 1. The molecule has 4 heteroatoms. The Balaban J connectivity index is 2.76. The summed E-state index contributed by atoms with van der Waals surface area (Å²) in [5, 5.41) is 0. The van der Waals surface area contributed by atoms with Crippen LogP contribution in [0.4, 0.5) is 0 Å². The Morgan fingerprint density at radius 2 is 2.00 bits per heavy atom. The van der Waals surface area contributed by atoms with E-state index < -0.39 is 5.91 Å². The molecule has 1 aromatic carbocycles. The summed E-state index contributed by atoms with van der Waals surface area (Å²) in [7, 11) is 1.34. The van der Waals surface area contributed by atoms with Gasteiger partial charge in [-0.05, 0) is 18.1 Å². The summed E-state index contributed by atoms with van der Waals surface area (Å²) in [6.07, 6.45) is 0.715. The van der Waals surface area contributed by atoms with Crippen LogP contribution in [0.15, 0.2) is 24.3 Å². The number of esters is 1. The van der Waals surface area contributed by atoms with E-state index in [0.717, 1.165) is 5.56 Å². The molecule has 1 amide bonds. The third kappa shape index (κ3) is 3.09. The molecule has 0 atom stereocenters. The molecule has 0 aliphatic heterocycles. The zero-order valence-electron chi connectivity index (χ0n) is 8.53. The molecule has 0 heterocycles. The molecule has 0 aliphatic carbocycles. The molecule has 0 fully saturated rings. The average molecular weight is 207 g/mol. The number of methoxy groups -OCH3 is 1. The van der Waals surface area contributed by atoms with Crippen LogP contribution in [0.3, 0.4) is 0 Å². The molecule has 1 rings (SSSR count). The third-order valence-corrected chi connectivity index (χ3v) is 2.11. The van der Waals surface area contributed by atoms with E-state index >= 15 is 0 Å². The van der Waals surface area contributed by atoms with Gasteiger partial charge in [0.15, 0.2) is 0 Å². The maximum absolute atomic E-state index is 11.0. The van der Waals surface area contributed by atoms with Crippen molar-refractivity contribution >= 4 is 11.9 Å². The predicted molar refractivity (Wildman–Crippen MR) is 55.3 cm³/mol. The third-order valence-electron chi connectivity index (χ3n) is 2.11. The number of primary amides is 1. The molecule has 4 nitrogen and oxygen atoms in total. The average Bonchev–Trinajstić information content (AvgIpc) is 2.26. The number of rotatable bonds is 4. The number of nitrogens with two attached hydrogens (primary N) is 1. The lowest BCUT2D eigenvalue weighted by Crippen LogP contribution is -2.14. The fourth-order valence-electron chi connectivity index (χ4n) is 1.32. The first-order chi connectivity index (χ1) is 7.15. The Morgan fingerprint density at radius 1 is 1.33 bits per heavy atom. The molecule has 15 heavy (non-hydrogen) atoms. The van der Waals surface area contributed by atoms with Crippen LogP contribution >= 0.6 is 0 Å². The van der Waals surface area contributed by atoms with Crippen LogP contribution in [0.2, 0.25) is 0 Å². The van der Waals surface area contributed by atoms with Crippen LogP contribution in [0, 0.1) is 0 Å². The van der Waals surface area contributed by atoms with Crippen molar-refractivity contribution in [2.75, 3.05) is 7.11 Å². The number of carbonyl (C=O) groups is 2. The summed E-state index contributed by atoms with van der Waals surface area (Å²) in [5.74, 6) is -0.773. The first kappa shape index (κ1) is 11.2. The summed E-state index contributed by atoms with van der Waals surface area (Å²) in [5.41, 5.74) is 6.43. The second kappa shape index (κ2) is 5.14. The largest absolute Gasteiger partial charge is 0.469 e. The van der Waals surface area contributed by atoms with Crippen LogP contribution in [-0.4, -0.2) is 19.0 Å². The SMILES string of the molecule is COC(=O)CCc1ccccc1C(N)=O. The van der Waals surface area contributed by atoms with Crippen LogP contribution in [0.1, 0.15) is 22.3 Å². The van der Waals surface area contributed by atoms with Gasteiger partial charge in [-0.3, -0.25) is 9.59 Å². The standard InChI is InChI=1S/C11H13NO3/c1-15-10(13)7-6-8-4-2-3-5-9(8)11(12)14/h2-5H,6-7H2,1H3,(H2,12,14). The van der Waals surface area contributed by atoms with E-state index in [4.69, 9.17) is 5.73 Å². The van der Waals surface area contributed by atoms with E-state index in [1.54, 1.807) is 24.3 Å². The first-order valence-corrected chi connectivity index (χ1v) is 4.59. The van der Waals surface area contributed by atoms with Crippen molar-refractivity contribution in [3.8, 4) is 0 Å². The molecule has 2 N–H and O–H groups in total. The molecule has 0 radical (unpaired) electrons. The summed E-state index contributed by atoms with van der Waals surface area (Å²) >= 11 is 0. The maximum Gasteiger partial charge on any atom is 0.305 e. The van der Waals surface area contributed by atoms with Crippen molar-refractivity contribution in [1.82, 2.24) is 0 Å². The highest BCUT2D eigenvalue weighted by atomic mass is 16.5. The Hall–Kier alpha value is -1.84. The fraction of sp³-hybridized carbons (Fsp3) is 0.273. The van der Waals surface area contributed by atoms with Crippen LogP contribution in [0.5, 0.6) is 0 Å². The second-order valence-electron chi connectivity index (χ2n) is 3.10. The van der Waals surface area contributed by atoms with Gasteiger partial charge >= 0.3 is 5.97 Å². The van der Waals surface area contributed by atoms with E-state index in [1.807, 2.05) is 0 Å². The molecule has 0 aliphatic rings. The molecule has 0 bridgehead atoms. The van der Waals surface area contributed by atoms with Gasteiger partial charge in [-0.25, -0.2) is 0 Å². The minimum atomic E-state index is -0.476.